The highest BCUT2D eigenvalue weighted by Crippen LogP contribution is 2.15. The summed E-state index contributed by atoms with van der Waals surface area (Å²) in [5.74, 6) is -0.333. The molecule has 1 saturated heterocycles. The first-order valence-electron chi connectivity index (χ1n) is 6.09. The molecule has 1 aromatic rings. The molecular formula is C13H16ClFN2O. The van der Waals surface area contributed by atoms with E-state index in [0.717, 1.165) is 25.9 Å². The summed E-state index contributed by atoms with van der Waals surface area (Å²) in [5.41, 5.74) is 0.460. The second-order valence-corrected chi connectivity index (χ2v) is 4.91. The van der Waals surface area contributed by atoms with E-state index in [1.54, 1.807) is 12.1 Å². The largest absolute Gasteiger partial charge is 0.352 e. The Morgan fingerprint density at radius 1 is 1.44 bits per heavy atom. The van der Waals surface area contributed by atoms with Gasteiger partial charge in [-0.05, 0) is 38.1 Å². The molecule has 0 aliphatic carbocycles. The lowest BCUT2D eigenvalue weighted by Gasteiger charge is -2.21. The fraction of sp³-hybridized carbons (Fsp3) is 0.462. The van der Waals surface area contributed by atoms with Crippen molar-refractivity contribution in [3.63, 3.8) is 0 Å². The molecule has 18 heavy (non-hydrogen) atoms. The van der Waals surface area contributed by atoms with Crippen LogP contribution in [0.25, 0.3) is 0 Å². The third-order valence-electron chi connectivity index (χ3n) is 3.18. The summed E-state index contributed by atoms with van der Waals surface area (Å²) < 4.78 is 13.5. The van der Waals surface area contributed by atoms with Crippen molar-refractivity contribution in [2.45, 2.75) is 19.4 Å². The molecule has 0 radical (unpaired) electrons. The van der Waals surface area contributed by atoms with Gasteiger partial charge < -0.3 is 10.6 Å². The molecule has 2 rings (SSSR count). The van der Waals surface area contributed by atoms with Gasteiger partial charge >= 0.3 is 0 Å². The summed E-state index contributed by atoms with van der Waals surface area (Å²) in [6.07, 6.45) is 1.68. The number of benzene rings is 1. The Hall–Kier alpha value is -1.13. The Morgan fingerprint density at radius 2 is 2.17 bits per heavy atom. The minimum absolute atomic E-state index is 0.00542. The number of hydrogen-bond acceptors (Lipinski definition) is 2. The first kappa shape index (κ1) is 13.3. The molecule has 1 heterocycles. The van der Waals surface area contributed by atoms with E-state index in [-0.39, 0.29) is 24.2 Å². The highest BCUT2D eigenvalue weighted by atomic mass is 35.5. The molecule has 1 amide bonds. The highest BCUT2D eigenvalue weighted by molar-refractivity contribution is 6.30. The van der Waals surface area contributed by atoms with Gasteiger partial charge in [-0.1, -0.05) is 17.7 Å². The summed E-state index contributed by atoms with van der Waals surface area (Å²) in [7, 11) is 0. The number of halogens is 2. The molecule has 0 atom stereocenters. The fourth-order valence-electron chi connectivity index (χ4n) is 2.08. The number of nitrogens with one attached hydrogen (secondary N) is 2. The van der Waals surface area contributed by atoms with Crippen LogP contribution in [0.3, 0.4) is 0 Å². The standard InChI is InChI=1S/C13H16ClFN2O/c14-11-2-1-10(12(15)7-11)8-17-13(18)9-3-5-16-6-4-9/h1-2,7,9,16H,3-6,8H2,(H,17,18). The van der Waals surface area contributed by atoms with Crippen LogP contribution in [0.15, 0.2) is 18.2 Å². The smallest absolute Gasteiger partial charge is 0.223 e. The van der Waals surface area contributed by atoms with Crippen LogP contribution >= 0.6 is 11.6 Å². The maximum absolute atomic E-state index is 13.5. The molecule has 5 heteroatoms. The van der Waals surface area contributed by atoms with Crippen LogP contribution in [0.5, 0.6) is 0 Å². The average Bonchev–Trinajstić information content (AvgIpc) is 2.38. The predicted molar refractivity (Wildman–Crippen MR) is 68.9 cm³/mol. The molecule has 2 N–H and O–H groups in total. The Labute approximate surface area is 111 Å². The van der Waals surface area contributed by atoms with Crippen molar-refractivity contribution in [3.8, 4) is 0 Å². The van der Waals surface area contributed by atoms with Gasteiger partial charge in [0.2, 0.25) is 5.91 Å². The molecule has 1 aliphatic heterocycles. The first-order chi connectivity index (χ1) is 8.66. The van der Waals surface area contributed by atoms with Gasteiger partial charge in [0.15, 0.2) is 0 Å². The minimum atomic E-state index is -0.381. The SMILES string of the molecule is O=C(NCc1ccc(Cl)cc1F)C1CCNCC1. The third-order valence-corrected chi connectivity index (χ3v) is 3.41. The molecule has 0 saturated carbocycles. The van der Waals surface area contributed by atoms with Crippen molar-refractivity contribution >= 4 is 17.5 Å². The fourth-order valence-corrected chi connectivity index (χ4v) is 2.23. The van der Waals surface area contributed by atoms with Crippen molar-refractivity contribution in [2.75, 3.05) is 13.1 Å². The predicted octanol–water partition coefficient (Wildman–Crippen LogP) is 2.09. The molecule has 1 aromatic carbocycles. The van der Waals surface area contributed by atoms with Crippen molar-refractivity contribution in [1.29, 1.82) is 0 Å². The summed E-state index contributed by atoms with van der Waals surface area (Å²) in [4.78, 5) is 11.9. The molecule has 0 bridgehead atoms. The summed E-state index contributed by atoms with van der Waals surface area (Å²) in [5, 5.41) is 6.35. The molecule has 3 nitrogen and oxygen atoms in total. The van der Waals surface area contributed by atoms with E-state index in [2.05, 4.69) is 10.6 Å². The van der Waals surface area contributed by atoms with Gasteiger partial charge in [0.1, 0.15) is 5.82 Å². The number of hydrogen-bond donors (Lipinski definition) is 2. The van der Waals surface area contributed by atoms with Gasteiger partial charge in [0.05, 0.1) is 0 Å². The zero-order valence-electron chi connectivity index (χ0n) is 10.0. The Morgan fingerprint density at radius 3 is 2.83 bits per heavy atom. The zero-order chi connectivity index (χ0) is 13.0. The van der Waals surface area contributed by atoms with Crippen molar-refractivity contribution in [3.05, 3.63) is 34.6 Å². The highest BCUT2D eigenvalue weighted by Gasteiger charge is 2.20. The molecule has 0 spiro atoms. The third kappa shape index (κ3) is 3.43. The van der Waals surface area contributed by atoms with Crippen molar-refractivity contribution in [2.24, 2.45) is 5.92 Å². The number of piperidine rings is 1. The monoisotopic (exact) mass is 270 g/mol. The maximum Gasteiger partial charge on any atom is 0.223 e. The van der Waals surface area contributed by atoms with Crippen LogP contribution in [0.2, 0.25) is 5.02 Å². The number of carbonyl (C=O) groups is 1. The van der Waals surface area contributed by atoms with E-state index in [9.17, 15) is 9.18 Å². The van der Waals surface area contributed by atoms with E-state index < -0.39 is 0 Å². The normalized spacial score (nSPS) is 16.6. The molecular weight excluding hydrogens is 255 g/mol. The lowest BCUT2D eigenvalue weighted by atomic mass is 9.97. The van der Waals surface area contributed by atoms with Gasteiger partial charge in [-0.25, -0.2) is 4.39 Å². The van der Waals surface area contributed by atoms with E-state index >= 15 is 0 Å². The molecule has 0 unspecified atom stereocenters. The quantitative estimate of drug-likeness (QED) is 0.883. The van der Waals surface area contributed by atoms with Crippen LogP contribution in [-0.2, 0) is 11.3 Å². The summed E-state index contributed by atoms with van der Waals surface area (Å²) in [6.45, 7) is 1.95. The second-order valence-electron chi connectivity index (χ2n) is 4.48. The van der Waals surface area contributed by atoms with Crippen LogP contribution in [-0.4, -0.2) is 19.0 Å². The lowest BCUT2D eigenvalue weighted by molar-refractivity contribution is -0.125. The number of rotatable bonds is 3. The number of carbonyl (C=O) groups excluding carboxylic acids is 1. The molecule has 1 fully saturated rings. The van der Waals surface area contributed by atoms with Crippen molar-refractivity contribution < 1.29 is 9.18 Å². The minimum Gasteiger partial charge on any atom is -0.352 e. The van der Waals surface area contributed by atoms with Crippen LogP contribution < -0.4 is 10.6 Å². The van der Waals surface area contributed by atoms with E-state index in [1.807, 2.05) is 0 Å². The van der Waals surface area contributed by atoms with Gasteiger partial charge in [0.25, 0.3) is 0 Å². The van der Waals surface area contributed by atoms with E-state index in [0.29, 0.717) is 10.6 Å². The van der Waals surface area contributed by atoms with Crippen LogP contribution in [0.4, 0.5) is 4.39 Å². The average molecular weight is 271 g/mol. The van der Waals surface area contributed by atoms with E-state index in [1.165, 1.54) is 6.07 Å². The van der Waals surface area contributed by atoms with Crippen LogP contribution in [0, 0.1) is 11.7 Å². The summed E-state index contributed by atoms with van der Waals surface area (Å²) in [6, 6.07) is 4.48. The Kier molecular flexibility index (Phi) is 4.55. The second kappa shape index (κ2) is 6.16. The topological polar surface area (TPSA) is 41.1 Å². The molecule has 0 aromatic heterocycles. The molecule has 1 aliphatic rings. The van der Waals surface area contributed by atoms with Crippen LogP contribution in [0.1, 0.15) is 18.4 Å². The van der Waals surface area contributed by atoms with Gasteiger partial charge in [-0.15, -0.1) is 0 Å². The number of amides is 1. The van der Waals surface area contributed by atoms with Gasteiger partial charge in [0, 0.05) is 23.0 Å². The Balaban J connectivity index is 1.88. The van der Waals surface area contributed by atoms with Gasteiger partial charge in [-0.3, -0.25) is 4.79 Å². The maximum atomic E-state index is 13.5. The van der Waals surface area contributed by atoms with E-state index in [4.69, 9.17) is 11.6 Å². The Bertz CT molecular complexity index is 433. The molecule has 98 valence electrons. The first-order valence-corrected chi connectivity index (χ1v) is 6.47. The lowest BCUT2D eigenvalue weighted by Crippen LogP contribution is -2.37. The van der Waals surface area contributed by atoms with Gasteiger partial charge in [-0.2, -0.15) is 0 Å². The van der Waals surface area contributed by atoms with Crippen molar-refractivity contribution in [1.82, 2.24) is 10.6 Å². The zero-order valence-corrected chi connectivity index (χ0v) is 10.8. The summed E-state index contributed by atoms with van der Waals surface area (Å²) >= 11 is 5.67.